The second-order valence-electron chi connectivity index (χ2n) is 11.0. The lowest BCUT2D eigenvalue weighted by Gasteiger charge is -2.35. The number of sulfonamides is 1. The van der Waals surface area contributed by atoms with Gasteiger partial charge in [-0.1, -0.05) is 6.07 Å². The Hall–Kier alpha value is -2.99. The predicted octanol–water partition coefficient (Wildman–Crippen LogP) is 3.99. The van der Waals surface area contributed by atoms with E-state index in [0.29, 0.717) is 34.0 Å². The van der Waals surface area contributed by atoms with E-state index in [1.165, 1.54) is 18.9 Å². The van der Waals surface area contributed by atoms with E-state index in [-0.39, 0.29) is 25.9 Å². The van der Waals surface area contributed by atoms with Gasteiger partial charge in [0, 0.05) is 39.0 Å². The van der Waals surface area contributed by atoms with Crippen LogP contribution >= 0.6 is 0 Å². The summed E-state index contributed by atoms with van der Waals surface area (Å²) in [6, 6.07) is 8.28. The first kappa shape index (κ1) is 27.6. The number of amides is 1. The molecule has 3 N–H and O–H groups in total. The molecule has 1 aliphatic carbocycles. The monoisotopic (exact) mass is 563 g/mol. The quantitative estimate of drug-likeness (QED) is 0.445. The number of hydrogen-bond donors (Lipinski definition) is 3. The van der Waals surface area contributed by atoms with Crippen LogP contribution in [0.5, 0.6) is 0 Å². The maximum atomic E-state index is 13.7. The Kier molecular flexibility index (Phi) is 7.45. The Morgan fingerprint density at radius 3 is 2.31 bits per heavy atom. The van der Waals surface area contributed by atoms with Crippen LogP contribution < -0.4 is 19.8 Å². The molecule has 1 amide bonds. The van der Waals surface area contributed by atoms with Crippen LogP contribution in [-0.2, 0) is 10.0 Å². The fraction of sp³-hybridized carbons (Fsp3) is 0.556. The van der Waals surface area contributed by atoms with E-state index >= 15 is 0 Å². The minimum absolute atomic E-state index is 0.187. The first-order chi connectivity index (χ1) is 18.5. The lowest BCUT2D eigenvalue weighted by atomic mass is 9.93. The van der Waals surface area contributed by atoms with Crippen LogP contribution in [0.2, 0.25) is 0 Å². The van der Waals surface area contributed by atoms with Crippen molar-refractivity contribution < 1.29 is 27.1 Å². The van der Waals surface area contributed by atoms with Crippen molar-refractivity contribution in [3.05, 3.63) is 41.5 Å². The maximum absolute atomic E-state index is 13.7. The number of carbonyl (C=O) groups is 1. The molecule has 0 radical (unpaired) electrons. The third-order valence-corrected chi connectivity index (χ3v) is 9.37. The number of benzene rings is 1. The highest BCUT2D eigenvalue weighted by Crippen LogP contribution is 2.54. The lowest BCUT2D eigenvalue weighted by molar-refractivity contribution is -0.0221. The molecule has 1 aromatic carbocycles. The number of pyridine rings is 1. The summed E-state index contributed by atoms with van der Waals surface area (Å²) in [5.74, 6) is -2.60. The predicted molar refractivity (Wildman–Crippen MR) is 147 cm³/mol. The number of rotatable bonds is 8. The van der Waals surface area contributed by atoms with Crippen LogP contribution in [0.4, 0.5) is 31.8 Å². The van der Waals surface area contributed by atoms with Gasteiger partial charge in [0.25, 0.3) is 11.8 Å². The van der Waals surface area contributed by atoms with Crippen LogP contribution in [0.25, 0.3) is 0 Å². The van der Waals surface area contributed by atoms with Gasteiger partial charge < -0.3 is 20.2 Å². The average molecular weight is 564 g/mol. The van der Waals surface area contributed by atoms with Gasteiger partial charge in [0.1, 0.15) is 11.6 Å². The highest BCUT2D eigenvalue weighted by atomic mass is 32.2. The Bertz CT molecular complexity index is 1330. The molecule has 9 nitrogen and oxygen atoms in total. The molecular weight excluding hydrogens is 528 g/mol. The normalized spacial score (nSPS) is 20.1. The standard InChI is InChI=1S/C27H35F2N5O4S/c1-19-2-5-23(30-24(19)34-14-10-27(28,29)11-15-34)31-25(36)21-4-3-20(32-39(37,38)17-16-35)18-22(21)33-12-8-26(6-7-26)9-13-33/h2-5,18,32,35H,6-17H2,1H3,(H,30,31,36). The molecule has 212 valence electrons. The van der Waals surface area contributed by atoms with Gasteiger partial charge in [0.15, 0.2) is 0 Å². The topological polar surface area (TPSA) is 115 Å². The van der Waals surface area contributed by atoms with E-state index in [0.717, 1.165) is 31.5 Å². The van der Waals surface area contributed by atoms with Gasteiger partial charge in [0.05, 0.1) is 29.3 Å². The van der Waals surface area contributed by atoms with E-state index < -0.39 is 34.2 Å². The zero-order valence-electron chi connectivity index (χ0n) is 22.0. The fourth-order valence-electron chi connectivity index (χ4n) is 5.44. The van der Waals surface area contributed by atoms with Crippen LogP contribution in [0.3, 0.4) is 0 Å². The van der Waals surface area contributed by atoms with Crippen molar-refractivity contribution in [3.63, 3.8) is 0 Å². The SMILES string of the molecule is Cc1ccc(NC(=O)c2ccc(NS(=O)(=O)CCO)cc2N2CCC3(CC2)CC3)nc1N1CCC(F)(F)CC1. The molecule has 1 spiro atoms. The number of alkyl halides is 2. The number of hydrogen-bond acceptors (Lipinski definition) is 7. The van der Waals surface area contributed by atoms with Crippen molar-refractivity contribution >= 4 is 38.9 Å². The molecule has 1 saturated carbocycles. The van der Waals surface area contributed by atoms with Crippen molar-refractivity contribution in [1.29, 1.82) is 0 Å². The summed E-state index contributed by atoms with van der Waals surface area (Å²) in [4.78, 5) is 22.0. The molecule has 3 aliphatic rings. The van der Waals surface area contributed by atoms with E-state index in [1.54, 1.807) is 18.2 Å². The molecule has 39 heavy (non-hydrogen) atoms. The van der Waals surface area contributed by atoms with E-state index in [2.05, 4.69) is 19.9 Å². The molecular formula is C27H35F2N5O4S. The molecule has 2 aliphatic heterocycles. The van der Waals surface area contributed by atoms with E-state index in [4.69, 9.17) is 5.11 Å². The second kappa shape index (κ2) is 10.5. The molecule has 2 saturated heterocycles. The van der Waals surface area contributed by atoms with Gasteiger partial charge in [-0.25, -0.2) is 22.2 Å². The van der Waals surface area contributed by atoms with Crippen LogP contribution in [0.1, 0.15) is 54.4 Å². The van der Waals surface area contributed by atoms with Gasteiger partial charge in [0.2, 0.25) is 10.0 Å². The Morgan fingerprint density at radius 1 is 1.00 bits per heavy atom. The summed E-state index contributed by atoms with van der Waals surface area (Å²) in [5, 5.41) is 11.9. The van der Waals surface area contributed by atoms with E-state index in [9.17, 15) is 22.0 Å². The molecule has 12 heteroatoms. The maximum Gasteiger partial charge on any atom is 0.258 e. The molecule has 2 aromatic rings. The molecule has 5 rings (SSSR count). The number of aryl methyl sites for hydroxylation is 1. The second-order valence-corrected chi connectivity index (χ2v) is 12.8. The van der Waals surface area contributed by atoms with Crippen molar-refractivity contribution in [2.75, 3.05) is 58.4 Å². The van der Waals surface area contributed by atoms with Crippen molar-refractivity contribution in [2.45, 2.75) is 51.4 Å². The molecule has 3 fully saturated rings. The highest BCUT2D eigenvalue weighted by molar-refractivity contribution is 7.92. The van der Waals surface area contributed by atoms with Gasteiger partial charge in [-0.05, 0) is 67.9 Å². The Morgan fingerprint density at radius 2 is 1.67 bits per heavy atom. The summed E-state index contributed by atoms with van der Waals surface area (Å²) in [7, 11) is -3.73. The number of aliphatic hydroxyl groups is 1. The Labute approximate surface area is 227 Å². The minimum Gasteiger partial charge on any atom is -0.395 e. The summed E-state index contributed by atoms with van der Waals surface area (Å²) in [5.41, 5.74) is 2.58. The highest BCUT2D eigenvalue weighted by Gasteiger charge is 2.44. The third kappa shape index (κ3) is 6.43. The van der Waals surface area contributed by atoms with Crippen LogP contribution in [0.15, 0.2) is 30.3 Å². The molecule has 0 unspecified atom stereocenters. The van der Waals surface area contributed by atoms with Crippen molar-refractivity contribution in [1.82, 2.24) is 4.98 Å². The first-order valence-corrected chi connectivity index (χ1v) is 15.1. The number of carbonyl (C=O) groups excluding carboxylic acids is 1. The number of nitrogens with zero attached hydrogens (tertiary/aromatic N) is 3. The molecule has 0 bridgehead atoms. The molecule has 0 atom stereocenters. The largest absolute Gasteiger partial charge is 0.395 e. The number of halogens is 2. The van der Waals surface area contributed by atoms with E-state index in [1.807, 2.05) is 17.9 Å². The van der Waals surface area contributed by atoms with Gasteiger partial charge in [-0.3, -0.25) is 9.52 Å². The number of aromatic nitrogens is 1. The van der Waals surface area contributed by atoms with Crippen LogP contribution in [0, 0.1) is 12.3 Å². The Balaban J connectivity index is 1.38. The van der Waals surface area contributed by atoms with Crippen LogP contribution in [-0.4, -0.2) is 68.9 Å². The summed E-state index contributed by atoms with van der Waals surface area (Å²) < 4.78 is 54.3. The minimum atomic E-state index is -3.73. The lowest BCUT2D eigenvalue weighted by Crippen LogP contribution is -2.40. The summed E-state index contributed by atoms with van der Waals surface area (Å²) in [6.07, 6.45) is 4.02. The van der Waals surface area contributed by atoms with Gasteiger partial charge in [-0.2, -0.15) is 0 Å². The number of aliphatic hydroxyl groups excluding tert-OH is 1. The smallest absolute Gasteiger partial charge is 0.258 e. The first-order valence-electron chi connectivity index (χ1n) is 13.4. The zero-order valence-corrected chi connectivity index (χ0v) is 22.9. The number of piperidine rings is 2. The number of anilines is 4. The van der Waals surface area contributed by atoms with Gasteiger partial charge >= 0.3 is 0 Å². The van der Waals surface area contributed by atoms with Crippen molar-refractivity contribution in [3.8, 4) is 0 Å². The fourth-order valence-corrected chi connectivity index (χ4v) is 6.26. The molecule has 3 heterocycles. The summed E-state index contributed by atoms with van der Waals surface area (Å²) in [6.45, 7) is 3.26. The summed E-state index contributed by atoms with van der Waals surface area (Å²) >= 11 is 0. The average Bonchev–Trinajstić information content (AvgIpc) is 3.64. The number of nitrogens with one attached hydrogen (secondary N) is 2. The van der Waals surface area contributed by atoms with Gasteiger partial charge in [-0.15, -0.1) is 0 Å². The van der Waals surface area contributed by atoms with Crippen molar-refractivity contribution in [2.24, 2.45) is 5.41 Å². The third-order valence-electron chi connectivity index (χ3n) is 8.10. The molecule has 1 aromatic heterocycles. The zero-order chi connectivity index (χ0) is 27.8.